The molecule has 1 amide bonds. The summed E-state index contributed by atoms with van der Waals surface area (Å²) in [6.07, 6.45) is 2.04. The minimum atomic E-state index is 0.0279. The molecule has 160 valence electrons. The second kappa shape index (κ2) is 10.0. The van der Waals surface area contributed by atoms with E-state index in [-0.39, 0.29) is 5.91 Å². The maximum atomic E-state index is 13.2. The van der Waals surface area contributed by atoms with Gasteiger partial charge in [-0.15, -0.1) is 11.8 Å². The second-order valence-corrected chi connectivity index (χ2v) is 9.21. The highest BCUT2D eigenvalue weighted by Gasteiger charge is 2.21. The second-order valence-electron chi connectivity index (χ2n) is 7.03. The van der Waals surface area contributed by atoms with Crippen LogP contribution in [0.4, 0.5) is 5.13 Å². The summed E-state index contributed by atoms with van der Waals surface area (Å²) in [5, 5.41) is 0.672. The number of benzene rings is 2. The van der Waals surface area contributed by atoms with Crippen LogP contribution in [0.15, 0.2) is 70.2 Å². The van der Waals surface area contributed by atoms with Gasteiger partial charge >= 0.3 is 0 Å². The molecule has 0 spiro atoms. The Balaban J connectivity index is 1.51. The lowest BCUT2D eigenvalue weighted by molar-refractivity contribution is -0.118. The Morgan fingerprint density at radius 2 is 2.03 bits per heavy atom. The number of nitrogens with zero attached hydrogens (tertiary/aromatic N) is 2. The molecule has 7 heteroatoms. The Hall–Kier alpha value is -2.77. The van der Waals surface area contributed by atoms with Gasteiger partial charge in [0.15, 0.2) is 5.13 Å². The third-order valence-corrected chi connectivity index (χ3v) is 6.75. The molecule has 2 heterocycles. The lowest BCUT2D eigenvalue weighted by Crippen LogP contribution is -2.30. The zero-order valence-electron chi connectivity index (χ0n) is 17.5. The Labute approximate surface area is 190 Å². The average molecular weight is 453 g/mol. The van der Waals surface area contributed by atoms with Crippen molar-refractivity contribution in [3.8, 4) is 5.75 Å². The first kappa shape index (κ1) is 21.5. The minimum absolute atomic E-state index is 0.0279. The zero-order valence-corrected chi connectivity index (χ0v) is 19.2. The van der Waals surface area contributed by atoms with Crippen molar-refractivity contribution in [2.45, 2.75) is 31.7 Å². The van der Waals surface area contributed by atoms with Crippen LogP contribution in [0.1, 0.15) is 24.7 Å². The molecule has 0 saturated heterocycles. The first-order valence-corrected chi connectivity index (χ1v) is 12.0. The van der Waals surface area contributed by atoms with Crippen LogP contribution >= 0.6 is 23.1 Å². The van der Waals surface area contributed by atoms with Gasteiger partial charge in [-0.3, -0.25) is 9.69 Å². The lowest BCUT2D eigenvalue weighted by atomic mass is 10.2. The van der Waals surface area contributed by atoms with Crippen LogP contribution in [-0.2, 0) is 11.3 Å². The maximum Gasteiger partial charge on any atom is 0.230 e. The summed E-state index contributed by atoms with van der Waals surface area (Å²) < 4.78 is 12.1. The third kappa shape index (κ3) is 5.48. The molecule has 4 aromatic rings. The van der Waals surface area contributed by atoms with Gasteiger partial charge in [-0.25, -0.2) is 4.98 Å². The van der Waals surface area contributed by atoms with E-state index < -0.39 is 0 Å². The van der Waals surface area contributed by atoms with Gasteiger partial charge in [0.2, 0.25) is 5.91 Å². The smallest absolute Gasteiger partial charge is 0.230 e. The van der Waals surface area contributed by atoms with E-state index in [1.54, 1.807) is 22.9 Å². The van der Waals surface area contributed by atoms with Crippen LogP contribution in [0.2, 0.25) is 0 Å². The van der Waals surface area contributed by atoms with E-state index in [4.69, 9.17) is 14.1 Å². The van der Waals surface area contributed by atoms with Gasteiger partial charge < -0.3 is 9.15 Å². The number of anilines is 1. The highest BCUT2D eigenvalue weighted by molar-refractivity contribution is 7.99. The molecule has 0 bridgehead atoms. The van der Waals surface area contributed by atoms with Crippen molar-refractivity contribution in [1.29, 1.82) is 0 Å². The molecule has 2 aromatic carbocycles. The van der Waals surface area contributed by atoms with Crippen LogP contribution in [0, 0.1) is 6.92 Å². The van der Waals surface area contributed by atoms with Crippen LogP contribution in [0.3, 0.4) is 0 Å². The van der Waals surface area contributed by atoms with Gasteiger partial charge in [0, 0.05) is 17.1 Å². The molecule has 0 atom stereocenters. The van der Waals surface area contributed by atoms with E-state index in [0.717, 1.165) is 21.7 Å². The van der Waals surface area contributed by atoms with Crippen molar-refractivity contribution in [3.63, 3.8) is 0 Å². The number of amides is 1. The number of aryl methyl sites for hydroxylation is 1. The summed E-state index contributed by atoms with van der Waals surface area (Å²) >= 11 is 3.18. The predicted octanol–water partition coefficient (Wildman–Crippen LogP) is 6.31. The van der Waals surface area contributed by atoms with Gasteiger partial charge in [-0.05, 0) is 56.3 Å². The van der Waals surface area contributed by atoms with Gasteiger partial charge in [-0.1, -0.05) is 29.0 Å². The summed E-state index contributed by atoms with van der Waals surface area (Å²) in [6.45, 7) is 5.00. The standard InChI is InChI=1S/C24H24N2O3S2/c1-3-28-18-8-11-21-22(15-18)31-24(25-21)26(16-19-5-4-13-29-19)23(27)12-14-30-20-9-6-17(2)7-10-20/h4-11,13,15H,3,12,14,16H2,1-2H3. The average Bonchev–Trinajstić information content (AvgIpc) is 3.42. The molecular weight excluding hydrogens is 428 g/mol. The molecule has 2 aromatic heterocycles. The number of thiazole rings is 1. The molecule has 0 saturated carbocycles. The van der Waals surface area contributed by atoms with Crippen molar-refractivity contribution in [3.05, 3.63) is 72.2 Å². The summed E-state index contributed by atoms with van der Waals surface area (Å²) in [5.74, 6) is 2.27. The topological polar surface area (TPSA) is 55.6 Å². The van der Waals surface area contributed by atoms with Crippen molar-refractivity contribution in [2.24, 2.45) is 0 Å². The van der Waals surface area contributed by atoms with E-state index in [0.29, 0.717) is 30.5 Å². The Morgan fingerprint density at radius 1 is 1.19 bits per heavy atom. The molecule has 31 heavy (non-hydrogen) atoms. The quantitative estimate of drug-likeness (QED) is 0.278. The number of hydrogen-bond donors (Lipinski definition) is 0. The van der Waals surface area contributed by atoms with Crippen LogP contribution in [0.25, 0.3) is 10.2 Å². The highest BCUT2D eigenvalue weighted by atomic mass is 32.2. The maximum absolute atomic E-state index is 13.2. The van der Waals surface area contributed by atoms with Gasteiger partial charge in [0.25, 0.3) is 0 Å². The number of aromatic nitrogens is 1. The Bertz CT molecular complexity index is 1140. The molecule has 0 aliphatic rings. The molecule has 0 fully saturated rings. The lowest BCUT2D eigenvalue weighted by Gasteiger charge is -2.18. The van der Waals surface area contributed by atoms with Gasteiger partial charge in [-0.2, -0.15) is 0 Å². The van der Waals surface area contributed by atoms with Gasteiger partial charge in [0.1, 0.15) is 11.5 Å². The molecule has 0 unspecified atom stereocenters. The normalized spacial score (nSPS) is 11.0. The van der Waals surface area contributed by atoms with Crippen LogP contribution in [-0.4, -0.2) is 23.3 Å². The van der Waals surface area contributed by atoms with Crippen molar-refractivity contribution in [1.82, 2.24) is 4.98 Å². The first-order valence-electron chi connectivity index (χ1n) is 10.2. The zero-order chi connectivity index (χ0) is 21.6. The van der Waals surface area contributed by atoms with Crippen LogP contribution in [0.5, 0.6) is 5.75 Å². The van der Waals surface area contributed by atoms with E-state index >= 15 is 0 Å². The summed E-state index contributed by atoms with van der Waals surface area (Å²) in [6, 6.07) is 17.9. The summed E-state index contributed by atoms with van der Waals surface area (Å²) in [5.41, 5.74) is 2.09. The summed E-state index contributed by atoms with van der Waals surface area (Å²) in [7, 11) is 0. The molecule has 0 aliphatic carbocycles. The number of fused-ring (bicyclic) bond motifs is 1. The van der Waals surface area contributed by atoms with Crippen molar-refractivity contribution in [2.75, 3.05) is 17.3 Å². The van der Waals surface area contributed by atoms with Crippen LogP contribution < -0.4 is 9.64 Å². The van der Waals surface area contributed by atoms with E-state index in [2.05, 4.69) is 31.2 Å². The number of carbonyl (C=O) groups excluding carboxylic acids is 1. The predicted molar refractivity (Wildman–Crippen MR) is 127 cm³/mol. The van der Waals surface area contributed by atoms with Crippen molar-refractivity contribution >= 4 is 44.4 Å². The van der Waals surface area contributed by atoms with E-state index in [1.165, 1.54) is 21.8 Å². The fourth-order valence-electron chi connectivity index (χ4n) is 3.11. The first-order chi connectivity index (χ1) is 15.1. The largest absolute Gasteiger partial charge is 0.494 e. The Morgan fingerprint density at radius 3 is 2.77 bits per heavy atom. The van der Waals surface area contributed by atoms with E-state index in [9.17, 15) is 4.79 Å². The number of thioether (sulfide) groups is 1. The highest BCUT2D eigenvalue weighted by Crippen LogP contribution is 2.33. The van der Waals surface area contributed by atoms with Crippen molar-refractivity contribution < 1.29 is 13.9 Å². The molecule has 4 rings (SSSR count). The number of carbonyl (C=O) groups is 1. The number of furan rings is 1. The molecular formula is C24H24N2O3S2. The molecule has 5 nitrogen and oxygen atoms in total. The fraction of sp³-hybridized carbons (Fsp3) is 0.250. The SMILES string of the molecule is CCOc1ccc2nc(N(Cc3ccco3)C(=O)CCSc3ccc(C)cc3)sc2c1. The summed E-state index contributed by atoms with van der Waals surface area (Å²) in [4.78, 5) is 20.8. The number of hydrogen-bond acceptors (Lipinski definition) is 6. The van der Waals surface area contributed by atoms with E-state index in [1.807, 2.05) is 37.3 Å². The molecule has 0 aliphatic heterocycles. The minimum Gasteiger partial charge on any atom is -0.494 e. The molecule has 0 radical (unpaired) electrons. The third-order valence-electron chi connectivity index (χ3n) is 4.69. The number of rotatable bonds is 9. The molecule has 0 N–H and O–H groups in total. The monoisotopic (exact) mass is 452 g/mol. The fourth-order valence-corrected chi connectivity index (χ4v) is 4.96. The Kier molecular flexibility index (Phi) is 6.94. The number of ether oxygens (including phenoxy) is 1. The van der Waals surface area contributed by atoms with Gasteiger partial charge in [0.05, 0.1) is 29.6 Å².